The van der Waals surface area contributed by atoms with Crippen molar-refractivity contribution >= 4 is 25.5 Å². The minimum Gasteiger partial charge on any atom is -0.496 e. The highest BCUT2D eigenvalue weighted by Gasteiger charge is 2.16. The van der Waals surface area contributed by atoms with Gasteiger partial charge < -0.3 is 4.74 Å². The van der Waals surface area contributed by atoms with Crippen LogP contribution in [0, 0.1) is 13.8 Å². The molecule has 1 aromatic rings. The topological polar surface area (TPSA) is 60.4 Å². The number of carbonyl (C=O) groups excluding carboxylic acids is 1. The first-order valence-electron chi connectivity index (χ1n) is 5.35. The molecule has 0 radical (unpaired) electrons. The van der Waals surface area contributed by atoms with Crippen molar-refractivity contribution in [3.8, 4) is 5.75 Å². The highest BCUT2D eigenvalue weighted by Crippen LogP contribution is 2.24. The molecule has 0 saturated heterocycles. The molecule has 0 unspecified atom stereocenters. The molecule has 0 saturated carbocycles. The molecule has 6 heteroatoms. The Balaban J connectivity index is 3.02. The Kier molecular flexibility index (Phi) is 4.76. The van der Waals surface area contributed by atoms with Gasteiger partial charge in [-0.3, -0.25) is 4.79 Å². The predicted octanol–water partition coefficient (Wildman–Crippen LogP) is 2.45. The molecule has 0 aliphatic carbocycles. The van der Waals surface area contributed by atoms with E-state index in [9.17, 15) is 13.2 Å². The Hall–Kier alpha value is -1.07. The van der Waals surface area contributed by atoms with Gasteiger partial charge in [0.1, 0.15) is 5.75 Å². The molecule has 1 rings (SSSR count). The molecule has 0 spiro atoms. The van der Waals surface area contributed by atoms with Gasteiger partial charge in [-0.05, 0) is 37.1 Å². The summed E-state index contributed by atoms with van der Waals surface area (Å²) >= 11 is 0. The molecule has 0 aromatic heterocycles. The van der Waals surface area contributed by atoms with E-state index in [4.69, 9.17) is 15.4 Å². The van der Waals surface area contributed by atoms with Gasteiger partial charge >= 0.3 is 0 Å². The van der Waals surface area contributed by atoms with Crippen LogP contribution in [0.3, 0.4) is 0 Å². The largest absolute Gasteiger partial charge is 0.496 e. The summed E-state index contributed by atoms with van der Waals surface area (Å²) in [6.45, 7) is 3.79. The van der Waals surface area contributed by atoms with E-state index in [0.717, 1.165) is 11.1 Å². The Morgan fingerprint density at radius 3 is 2.33 bits per heavy atom. The van der Waals surface area contributed by atoms with Gasteiger partial charge in [0.25, 0.3) is 0 Å². The zero-order valence-electron chi connectivity index (χ0n) is 10.5. The predicted molar refractivity (Wildman–Crippen MR) is 71.1 cm³/mol. The van der Waals surface area contributed by atoms with Crippen LogP contribution in [-0.4, -0.2) is 27.1 Å². The van der Waals surface area contributed by atoms with Crippen LogP contribution in [0.5, 0.6) is 5.75 Å². The lowest BCUT2D eigenvalue weighted by Crippen LogP contribution is -2.08. The number of hydrogen-bond acceptors (Lipinski definition) is 4. The fraction of sp³-hybridized carbons (Fsp3) is 0.417. The highest BCUT2D eigenvalue weighted by atomic mass is 35.7. The van der Waals surface area contributed by atoms with Crippen molar-refractivity contribution < 1.29 is 17.9 Å². The fourth-order valence-corrected chi connectivity index (χ4v) is 2.19. The summed E-state index contributed by atoms with van der Waals surface area (Å²) in [6, 6.07) is 3.47. The molecule has 0 atom stereocenters. The number of ketones is 1. The van der Waals surface area contributed by atoms with E-state index in [-0.39, 0.29) is 18.0 Å². The van der Waals surface area contributed by atoms with Gasteiger partial charge in [0, 0.05) is 17.1 Å². The average molecular weight is 291 g/mol. The molecule has 4 nitrogen and oxygen atoms in total. The van der Waals surface area contributed by atoms with Crippen LogP contribution in [0.15, 0.2) is 12.1 Å². The van der Waals surface area contributed by atoms with Gasteiger partial charge in [-0.2, -0.15) is 0 Å². The number of hydrogen-bond donors (Lipinski definition) is 0. The minimum absolute atomic E-state index is 0.148. The van der Waals surface area contributed by atoms with Crippen LogP contribution in [-0.2, 0) is 9.05 Å². The Bertz CT molecular complexity index is 564. The average Bonchev–Trinajstić information content (AvgIpc) is 2.28. The first-order chi connectivity index (χ1) is 8.24. The summed E-state index contributed by atoms with van der Waals surface area (Å²) in [5.74, 6) is -0.210. The summed E-state index contributed by atoms with van der Waals surface area (Å²) in [4.78, 5) is 11.9. The first kappa shape index (κ1) is 15.0. The van der Waals surface area contributed by atoms with Crippen LogP contribution in [0.25, 0.3) is 0 Å². The SMILES string of the molecule is COc1cc(C)c(C)cc1C(=O)CCS(=O)(=O)Cl. The van der Waals surface area contributed by atoms with Crippen molar-refractivity contribution in [2.45, 2.75) is 20.3 Å². The van der Waals surface area contributed by atoms with Gasteiger partial charge in [0.05, 0.1) is 18.4 Å². The maximum Gasteiger partial charge on any atom is 0.233 e. The zero-order chi connectivity index (χ0) is 13.9. The maximum atomic E-state index is 11.9. The Morgan fingerprint density at radius 1 is 1.28 bits per heavy atom. The lowest BCUT2D eigenvalue weighted by molar-refractivity contribution is 0.0986. The second-order valence-corrected chi connectivity index (χ2v) is 6.95. The molecular formula is C12H15ClO4S. The molecule has 100 valence electrons. The quantitative estimate of drug-likeness (QED) is 0.617. The monoisotopic (exact) mass is 290 g/mol. The van der Waals surface area contributed by atoms with E-state index in [1.165, 1.54) is 7.11 Å². The van der Waals surface area contributed by atoms with E-state index in [2.05, 4.69) is 0 Å². The van der Waals surface area contributed by atoms with Gasteiger partial charge in [-0.25, -0.2) is 8.42 Å². The van der Waals surface area contributed by atoms with Gasteiger partial charge in [0.2, 0.25) is 9.05 Å². The van der Waals surface area contributed by atoms with Crippen molar-refractivity contribution in [1.82, 2.24) is 0 Å². The highest BCUT2D eigenvalue weighted by molar-refractivity contribution is 8.13. The van der Waals surface area contributed by atoms with Crippen LogP contribution in [0.1, 0.15) is 27.9 Å². The molecule has 18 heavy (non-hydrogen) atoms. The number of halogens is 1. The number of benzene rings is 1. The van der Waals surface area contributed by atoms with E-state index in [1.807, 2.05) is 13.8 Å². The maximum absolute atomic E-state index is 11.9. The molecule has 0 N–H and O–H groups in total. The third-order valence-electron chi connectivity index (χ3n) is 2.69. The molecule has 0 bridgehead atoms. The zero-order valence-corrected chi connectivity index (χ0v) is 12.1. The standard InChI is InChI=1S/C12H15ClO4S/c1-8-6-10(12(17-3)7-9(8)2)11(14)4-5-18(13,15)16/h6-7H,4-5H2,1-3H3. The Labute approximate surface area is 111 Å². The molecular weight excluding hydrogens is 276 g/mol. The van der Waals surface area contributed by atoms with Crippen LogP contribution >= 0.6 is 10.7 Å². The summed E-state index contributed by atoms with van der Waals surface area (Å²) < 4.78 is 26.8. The van der Waals surface area contributed by atoms with Gasteiger partial charge in [-0.15, -0.1) is 0 Å². The summed E-state index contributed by atoms with van der Waals surface area (Å²) in [5, 5.41) is 0. The summed E-state index contributed by atoms with van der Waals surface area (Å²) in [6.07, 6.45) is -0.148. The van der Waals surface area contributed by atoms with Crippen LogP contribution < -0.4 is 4.74 Å². The fourth-order valence-electron chi connectivity index (χ4n) is 1.53. The van der Waals surface area contributed by atoms with Crippen molar-refractivity contribution in [3.05, 3.63) is 28.8 Å². The van der Waals surface area contributed by atoms with E-state index < -0.39 is 9.05 Å². The van der Waals surface area contributed by atoms with Gasteiger partial charge in [0.15, 0.2) is 5.78 Å². The molecule has 1 aromatic carbocycles. The van der Waals surface area contributed by atoms with E-state index in [0.29, 0.717) is 11.3 Å². The van der Waals surface area contributed by atoms with E-state index >= 15 is 0 Å². The number of aryl methyl sites for hydroxylation is 2. The third kappa shape index (κ3) is 3.99. The van der Waals surface area contributed by atoms with E-state index in [1.54, 1.807) is 12.1 Å². The molecule has 0 aliphatic heterocycles. The second kappa shape index (κ2) is 5.71. The Morgan fingerprint density at radius 2 is 1.83 bits per heavy atom. The molecule has 0 fully saturated rings. The summed E-state index contributed by atoms with van der Waals surface area (Å²) in [5.41, 5.74) is 2.35. The van der Waals surface area contributed by atoms with Crippen molar-refractivity contribution in [2.75, 3.05) is 12.9 Å². The first-order valence-corrected chi connectivity index (χ1v) is 7.83. The molecule has 0 heterocycles. The smallest absolute Gasteiger partial charge is 0.233 e. The van der Waals surface area contributed by atoms with Crippen LogP contribution in [0.4, 0.5) is 0 Å². The second-order valence-electron chi connectivity index (χ2n) is 4.05. The van der Waals surface area contributed by atoms with Gasteiger partial charge in [-0.1, -0.05) is 0 Å². The number of ether oxygens (including phenoxy) is 1. The lowest BCUT2D eigenvalue weighted by Gasteiger charge is -2.10. The van der Waals surface area contributed by atoms with Crippen molar-refractivity contribution in [2.24, 2.45) is 0 Å². The normalized spacial score (nSPS) is 11.3. The number of Topliss-reactive ketones (excluding diaryl/α,β-unsaturated/α-hetero) is 1. The van der Waals surface area contributed by atoms with Crippen molar-refractivity contribution in [3.63, 3.8) is 0 Å². The summed E-state index contributed by atoms with van der Waals surface area (Å²) in [7, 11) is 2.90. The molecule has 0 amide bonds. The third-order valence-corrected chi connectivity index (χ3v) is 3.84. The lowest BCUT2D eigenvalue weighted by atomic mass is 10.0. The van der Waals surface area contributed by atoms with Crippen molar-refractivity contribution in [1.29, 1.82) is 0 Å². The minimum atomic E-state index is -3.65. The number of carbonyl (C=O) groups is 1. The number of rotatable bonds is 5. The number of methoxy groups -OCH3 is 1. The molecule has 0 aliphatic rings. The van der Waals surface area contributed by atoms with Crippen LogP contribution in [0.2, 0.25) is 0 Å².